The Morgan fingerprint density at radius 3 is 2.38 bits per heavy atom. The molecule has 1 fully saturated rings. The van der Waals surface area contributed by atoms with Gasteiger partial charge in [0, 0.05) is 18.9 Å². The van der Waals surface area contributed by atoms with E-state index in [1.807, 2.05) is 0 Å². The molecular formula is C11H10FNO3. The van der Waals surface area contributed by atoms with Crippen LogP contribution in [-0.4, -0.2) is 16.9 Å². The van der Waals surface area contributed by atoms with Crippen molar-refractivity contribution in [1.82, 2.24) is 0 Å². The number of benzene rings is 1. The van der Waals surface area contributed by atoms with E-state index in [4.69, 9.17) is 5.11 Å². The number of nitrogens with zero attached hydrogens (tertiary/aromatic N) is 1. The van der Waals surface area contributed by atoms with Gasteiger partial charge < -0.3 is 5.11 Å². The minimum absolute atomic E-state index is 0.171. The van der Waals surface area contributed by atoms with Gasteiger partial charge >= 0.3 is 0 Å². The Balaban J connectivity index is 2.38. The summed E-state index contributed by atoms with van der Waals surface area (Å²) in [6, 6.07) is 3.45. The zero-order valence-corrected chi connectivity index (χ0v) is 8.44. The normalized spacial score (nSPS) is 16.7. The fourth-order valence-corrected chi connectivity index (χ4v) is 1.68. The van der Waals surface area contributed by atoms with E-state index in [1.165, 1.54) is 6.07 Å². The lowest BCUT2D eigenvalue weighted by molar-refractivity contribution is -0.129. The number of carbonyl (C=O) groups excluding carboxylic acids is 2. The smallest absolute Gasteiger partial charge is 0.233 e. The summed E-state index contributed by atoms with van der Waals surface area (Å²) in [5, 5.41) is 9.01. The highest BCUT2D eigenvalue weighted by molar-refractivity contribution is 6.16. The molecule has 16 heavy (non-hydrogen) atoms. The molecule has 0 aromatic heterocycles. The standard InChI is InChI=1S/C11H10FNO3/c12-8-6-7(4-5-9(8)14)13-10(15)2-1-3-11(13)16/h4-6,14H,1-3H2. The number of imide groups is 1. The van der Waals surface area contributed by atoms with Crippen LogP contribution in [0.5, 0.6) is 5.75 Å². The van der Waals surface area contributed by atoms with E-state index < -0.39 is 11.6 Å². The number of phenolic OH excluding ortho intramolecular Hbond substituents is 1. The molecule has 1 saturated heterocycles. The zero-order chi connectivity index (χ0) is 11.7. The maximum absolute atomic E-state index is 13.1. The number of hydrogen-bond donors (Lipinski definition) is 1. The highest BCUT2D eigenvalue weighted by atomic mass is 19.1. The molecule has 1 aromatic rings. The van der Waals surface area contributed by atoms with Crippen molar-refractivity contribution in [2.45, 2.75) is 19.3 Å². The van der Waals surface area contributed by atoms with Crippen molar-refractivity contribution >= 4 is 17.5 Å². The number of amides is 2. The topological polar surface area (TPSA) is 57.6 Å². The third kappa shape index (κ3) is 1.76. The van der Waals surface area contributed by atoms with Crippen molar-refractivity contribution < 1.29 is 19.1 Å². The first-order chi connectivity index (χ1) is 7.59. The highest BCUT2D eigenvalue weighted by Gasteiger charge is 2.27. The number of halogens is 1. The van der Waals surface area contributed by atoms with Gasteiger partial charge in [-0.15, -0.1) is 0 Å². The fourth-order valence-electron chi connectivity index (χ4n) is 1.68. The monoisotopic (exact) mass is 223 g/mol. The molecule has 84 valence electrons. The minimum Gasteiger partial charge on any atom is -0.505 e. The summed E-state index contributed by atoms with van der Waals surface area (Å²) in [4.78, 5) is 24.0. The van der Waals surface area contributed by atoms with E-state index in [0.29, 0.717) is 6.42 Å². The van der Waals surface area contributed by atoms with Crippen LogP contribution in [0.2, 0.25) is 0 Å². The molecular weight excluding hydrogens is 213 g/mol. The van der Waals surface area contributed by atoms with E-state index in [2.05, 4.69) is 0 Å². The molecule has 1 heterocycles. The summed E-state index contributed by atoms with van der Waals surface area (Å²) in [7, 11) is 0. The lowest BCUT2D eigenvalue weighted by Crippen LogP contribution is -2.40. The number of hydrogen-bond acceptors (Lipinski definition) is 3. The second kappa shape index (κ2) is 3.92. The van der Waals surface area contributed by atoms with Crippen molar-refractivity contribution in [3.8, 4) is 5.75 Å². The number of anilines is 1. The van der Waals surface area contributed by atoms with Crippen molar-refractivity contribution in [2.24, 2.45) is 0 Å². The highest BCUT2D eigenvalue weighted by Crippen LogP contribution is 2.26. The third-order valence-electron chi connectivity index (χ3n) is 2.47. The largest absolute Gasteiger partial charge is 0.505 e. The fraction of sp³-hybridized carbons (Fsp3) is 0.273. The number of phenols is 1. The maximum atomic E-state index is 13.1. The van der Waals surface area contributed by atoms with E-state index in [1.54, 1.807) is 0 Å². The van der Waals surface area contributed by atoms with Crippen molar-refractivity contribution in [2.75, 3.05) is 4.90 Å². The predicted octanol–water partition coefficient (Wildman–Crippen LogP) is 1.57. The molecule has 0 bridgehead atoms. The van der Waals surface area contributed by atoms with E-state index >= 15 is 0 Å². The summed E-state index contributed by atoms with van der Waals surface area (Å²) in [5.74, 6) is -2.01. The summed E-state index contributed by atoms with van der Waals surface area (Å²) >= 11 is 0. The molecule has 0 aliphatic carbocycles. The summed E-state index contributed by atoms with van der Waals surface area (Å²) in [6.07, 6.45) is 1.11. The quantitative estimate of drug-likeness (QED) is 0.735. The Morgan fingerprint density at radius 1 is 1.19 bits per heavy atom. The zero-order valence-electron chi connectivity index (χ0n) is 8.44. The van der Waals surface area contributed by atoms with Gasteiger partial charge in [0.25, 0.3) is 0 Å². The first-order valence-corrected chi connectivity index (χ1v) is 4.94. The number of carbonyl (C=O) groups is 2. The first-order valence-electron chi connectivity index (χ1n) is 4.94. The molecule has 5 heteroatoms. The molecule has 1 aromatic carbocycles. The number of aromatic hydroxyl groups is 1. The molecule has 1 aliphatic heterocycles. The van der Waals surface area contributed by atoms with Crippen LogP contribution in [0.15, 0.2) is 18.2 Å². The second-order valence-corrected chi connectivity index (χ2v) is 3.61. The molecule has 0 atom stereocenters. The van der Waals surface area contributed by atoms with Gasteiger partial charge in [-0.2, -0.15) is 0 Å². The molecule has 1 aliphatic rings. The average molecular weight is 223 g/mol. The molecule has 2 rings (SSSR count). The molecule has 4 nitrogen and oxygen atoms in total. The van der Waals surface area contributed by atoms with Gasteiger partial charge in [-0.25, -0.2) is 4.39 Å². The average Bonchev–Trinajstić information content (AvgIpc) is 2.23. The van der Waals surface area contributed by atoms with Gasteiger partial charge in [-0.3, -0.25) is 14.5 Å². The lowest BCUT2D eigenvalue weighted by atomic mass is 10.1. The molecule has 0 radical (unpaired) electrons. The third-order valence-corrected chi connectivity index (χ3v) is 2.47. The number of piperidine rings is 1. The minimum atomic E-state index is -0.844. The second-order valence-electron chi connectivity index (χ2n) is 3.61. The van der Waals surface area contributed by atoms with Crippen LogP contribution in [0.4, 0.5) is 10.1 Å². The van der Waals surface area contributed by atoms with Crippen LogP contribution in [0, 0.1) is 5.82 Å². The Labute approximate surface area is 91.3 Å². The molecule has 0 unspecified atom stereocenters. The van der Waals surface area contributed by atoms with Crippen molar-refractivity contribution in [3.05, 3.63) is 24.0 Å². The van der Waals surface area contributed by atoms with Crippen LogP contribution < -0.4 is 4.90 Å². The summed E-state index contributed by atoms with van der Waals surface area (Å²) < 4.78 is 13.1. The van der Waals surface area contributed by atoms with Gasteiger partial charge in [-0.1, -0.05) is 0 Å². The molecule has 0 saturated carbocycles. The SMILES string of the molecule is O=C1CCCC(=O)N1c1ccc(O)c(F)c1. The Bertz CT molecular complexity index is 443. The van der Waals surface area contributed by atoms with Gasteiger partial charge in [0.1, 0.15) is 0 Å². The summed E-state index contributed by atoms with van der Waals surface area (Å²) in [5.41, 5.74) is 0.171. The van der Waals surface area contributed by atoms with Crippen LogP contribution in [0.3, 0.4) is 0 Å². The summed E-state index contributed by atoms with van der Waals surface area (Å²) in [6.45, 7) is 0. The van der Waals surface area contributed by atoms with Gasteiger partial charge in [0.05, 0.1) is 5.69 Å². The first kappa shape index (κ1) is 10.6. The molecule has 2 amide bonds. The van der Waals surface area contributed by atoms with Crippen molar-refractivity contribution in [3.63, 3.8) is 0 Å². The number of rotatable bonds is 1. The van der Waals surface area contributed by atoms with Crippen LogP contribution in [0.25, 0.3) is 0 Å². The van der Waals surface area contributed by atoms with E-state index in [-0.39, 0.29) is 30.3 Å². The Kier molecular flexibility index (Phi) is 2.60. The predicted molar refractivity (Wildman–Crippen MR) is 54.4 cm³/mol. The Hall–Kier alpha value is -1.91. The van der Waals surface area contributed by atoms with Gasteiger partial charge in [-0.05, 0) is 18.6 Å². The lowest BCUT2D eigenvalue weighted by Gasteiger charge is -2.24. The Morgan fingerprint density at radius 2 is 1.81 bits per heavy atom. The molecule has 1 N–H and O–H groups in total. The van der Waals surface area contributed by atoms with Crippen LogP contribution in [-0.2, 0) is 9.59 Å². The van der Waals surface area contributed by atoms with Crippen LogP contribution in [0.1, 0.15) is 19.3 Å². The van der Waals surface area contributed by atoms with Gasteiger partial charge in [0.15, 0.2) is 11.6 Å². The van der Waals surface area contributed by atoms with Gasteiger partial charge in [0.2, 0.25) is 11.8 Å². The van der Waals surface area contributed by atoms with E-state index in [0.717, 1.165) is 17.0 Å². The van der Waals surface area contributed by atoms with Crippen LogP contribution >= 0.6 is 0 Å². The molecule has 0 spiro atoms. The van der Waals surface area contributed by atoms with Crippen molar-refractivity contribution in [1.29, 1.82) is 0 Å². The maximum Gasteiger partial charge on any atom is 0.233 e. The van der Waals surface area contributed by atoms with E-state index in [9.17, 15) is 14.0 Å².